The van der Waals surface area contributed by atoms with Gasteiger partial charge in [-0.2, -0.15) is 0 Å². The number of benzene rings is 1. The molecule has 6 heteroatoms. The molecule has 136 valence electrons. The van der Waals surface area contributed by atoms with Crippen LogP contribution in [0.1, 0.15) is 32.1 Å². The van der Waals surface area contributed by atoms with Crippen molar-refractivity contribution < 1.29 is 9.59 Å². The highest BCUT2D eigenvalue weighted by molar-refractivity contribution is 5.93. The zero-order valence-electron chi connectivity index (χ0n) is 15.0. The molecule has 2 fully saturated rings. The van der Waals surface area contributed by atoms with Gasteiger partial charge in [0.1, 0.15) is 0 Å². The van der Waals surface area contributed by atoms with E-state index in [2.05, 4.69) is 16.0 Å². The average Bonchev–Trinajstić information content (AvgIpc) is 2.87. The lowest BCUT2D eigenvalue weighted by atomic mass is 9.89. The number of hydrogen-bond acceptors (Lipinski definition) is 4. The van der Waals surface area contributed by atoms with Crippen LogP contribution in [0.3, 0.4) is 0 Å². The Morgan fingerprint density at radius 3 is 2.04 bits per heavy atom. The molecule has 2 heterocycles. The van der Waals surface area contributed by atoms with Gasteiger partial charge in [0.15, 0.2) is 0 Å². The van der Waals surface area contributed by atoms with E-state index in [-0.39, 0.29) is 11.8 Å². The molecule has 2 aliphatic heterocycles. The molecule has 0 spiro atoms. The van der Waals surface area contributed by atoms with Crippen LogP contribution in [-0.2, 0) is 9.59 Å². The fourth-order valence-electron chi connectivity index (χ4n) is 3.94. The van der Waals surface area contributed by atoms with Crippen molar-refractivity contribution in [2.45, 2.75) is 44.2 Å². The Balaban J connectivity index is 1.46. The lowest BCUT2D eigenvalue weighted by molar-refractivity contribution is -0.118. The molecule has 0 aromatic heterocycles. The van der Waals surface area contributed by atoms with Gasteiger partial charge >= 0.3 is 0 Å². The van der Waals surface area contributed by atoms with E-state index in [0.717, 1.165) is 24.2 Å². The van der Waals surface area contributed by atoms with E-state index in [1.807, 2.05) is 43.3 Å². The van der Waals surface area contributed by atoms with Gasteiger partial charge in [-0.1, -0.05) is 0 Å². The molecular formula is C19H28N4O2. The smallest absolute Gasteiger partial charge is 0.238 e. The van der Waals surface area contributed by atoms with Gasteiger partial charge in [0.05, 0.1) is 6.54 Å². The zero-order valence-corrected chi connectivity index (χ0v) is 15.0. The van der Waals surface area contributed by atoms with Crippen molar-refractivity contribution in [2.24, 2.45) is 5.92 Å². The molecular weight excluding hydrogens is 316 g/mol. The first-order valence-electron chi connectivity index (χ1n) is 9.08. The van der Waals surface area contributed by atoms with Crippen molar-refractivity contribution in [1.82, 2.24) is 10.2 Å². The Hall–Kier alpha value is -1.92. The Labute approximate surface area is 149 Å². The SMILES string of the molecule is CN(C)CC(=O)Nc1ccc(NC(=O)CC2CC3CCC(C2)N3)cc1. The number of nitrogens with zero attached hydrogens (tertiary/aromatic N) is 1. The minimum atomic E-state index is -0.0534. The highest BCUT2D eigenvalue weighted by Crippen LogP contribution is 2.32. The van der Waals surface area contributed by atoms with Crippen LogP contribution < -0.4 is 16.0 Å². The fourth-order valence-corrected chi connectivity index (χ4v) is 3.94. The maximum absolute atomic E-state index is 12.3. The predicted molar refractivity (Wildman–Crippen MR) is 99.5 cm³/mol. The largest absolute Gasteiger partial charge is 0.326 e. The first-order chi connectivity index (χ1) is 12.0. The van der Waals surface area contributed by atoms with Crippen molar-refractivity contribution in [2.75, 3.05) is 31.3 Å². The summed E-state index contributed by atoms with van der Waals surface area (Å²) < 4.78 is 0. The second kappa shape index (κ2) is 7.97. The molecule has 25 heavy (non-hydrogen) atoms. The number of amides is 2. The van der Waals surface area contributed by atoms with Gasteiger partial charge in [0.2, 0.25) is 11.8 Å². The second-order valence-electron chi connectivity index (χ2n) is 7.59. The summed E-state index contributed by atoms with van der Waals surface area (Å²) in [5.41, 5.74) is 1.51. The number of likely N-dealkylation sites (N-methyl/N-ethyl adjacent to an activating group) is 1. The van der Waals surface area contributed by atoms with Crippen LogP contribution in [0.5, 0.6) is 0 Å². The molecule has 6 nitrogen and oxygen atoms in total. The summed E-state index contributed by atoms with van der Waals surface area (Å²) >= 11 is 0. The van der Waals surface area contributed by atoms with E-state index in [9.17, 15) is 9.59 Å². The topological polar surface area (TPSA) is 73.5 Å². The van der Waals surface area contributed by atoms with Crippen LogP contribution in [0, 0.1) is 5.92 Å². The van der Waals surface area contributed by atoms with Gasteiger partial charge in [-0.15, -0.1) is 0 Å². The maximum atomic E-state index is 12.3. The molecule has 2 saturated heterocycles. The lowest BCUT2D eigenvalue weighted by Gasteiger charge is -2.28. The first kappa shape index (κ1) is 17.9. The second-order valence-corrected chi connectivity index (χ2v) is 7.59. The first-order valence-corrected chi connectivity index (χ1v) is 9.08. The number of carbonyl (C=O) groups excluding carboxylic acids is 2. The Bertz CT molecular complexity index is 602. The number of hydrogen-bond donors (Lipinski definition) is 3. The Morgan fingerprint density at radius 1 is 1.00 bits per heavy atom. The number of rotatable bonds is 6. The molecule has 3 N–H and O–H groups in total. The molecule has 2 amide bonds. The molecule has 1 aromatic carbocycles. The summed E-state index contributed by atoms with van der Waals surface area (Å²) in [4.78, 5) is 25.8. The lowest BCUT2D eigenvalue weighted by Crippen LogP contribution is -2.39. The summed E-state index contributed by atoms with van der Waals surface area (Å²) in [6.07, 6.45) is 5.32. The van der Waals surface area contributed by atoms with Crippen molar-refractivity contribution >= 4 is 23.2 Å². The van der Waals surface area contributed by atoms with E-state index in [1.165, 1.54) is 12.8 Å². The van der Waals surface area contributed by atoms with E-state index in [1.54, 1.807) is 0 Å². The fraction of sp³-hybridized carbons (Fsp3) is 0.579. The van der Waals surface area contributed by atoms with Gasteiger partial charge in [-0.05, 0) is 70.0 Å². The average molecular weight is 344 g/mol. The van der Waals surface area contributed by atoms with Gasteiger partial charge in [0, 0.05) is 29.9 Å². The van der Waals surface area contributed by atoms with Crippen molar-refractivity contribution in [3.8, 4) is 0 Å². The predicted octanol–water partition coefficient (Wildman–Crippen LogP) is 2.05. The summed E-state index contributed by atoms with van der Waals surface area (Å²) in [7, 11) is 3.71. The van der Waals surface area contributed by atoms with E-state index < -0.39 is 0 Å². The molecule has 0 aliphatic carbocycles. The summed E-state index contributed by atoms with van der Waals surface area (Å²) in [5, 5.41) is 9.42. The van der Waals surface area contributed by atoms with E-state index >= 15 is 0 Å². The Morgan fingerprint density at radius 2 is 1.52 bits per heavy atom. The van der Waals surface area contributed by atoms with Crippen molar-refractivity contribution in [1.29, 1.82) is 0 Å². The number of fused-ring (bicyclic) bond motifs is 2. The number of anilines is 2. The molecule has 0 saturated carbocycles. The van der Waals surface area contributed by atoms with Crippen molar-refractivity contribution in [3.63, 3.8) is 0 Å². The van der Waals surface area contributed by atoms with Crippen LogP contribution in [-0.4, -0.2) is 49.4 Å². The monoisotopic (exact) mass is 344 g/mol. The van der Waals surface area contributed by atoms with Crippen LogP contribution in [0.2, 0.25) is 0 Å². The van der Waals surface area contributed by atoms with Crippen LogP contribution >= 0.6 is 0 Å². The van der Waals surface area contributed by atoms with Crippen LogP contribution in [0.25, 0.3) is 0 Å². The van der Waals surface area contributed by atoms with Gasteiger partial charge < -0.3 is 20.9 Å². The molecule has 2 atom stereocenters. The number of piperidine rings is 1. The molecule has 2 aliphatic rings. The molecule has 2 bridgehead atoms. The maximum Gasteiger partial charge on any atom is 0.238 e. The minimum absolute atomic E-state index is 0.0534. The third kappa shape index (κ3) is 5.28. The van der Waals surface area contributed by atoms with Gasteiger partial charge in [-0.3, -0.25) is 9.59 Å². The van der Waals surface area contributed by atoms with E-state index in [4.69, 9.17) is 0 Å². The number of carbonyl (C=O) groups is 2. The third-order valence-electron chi connectivity index (χ3n) is 4.96. The Kier molecular flexibility index (Phi) is 5.71. The standard InChI is InChI=1S/C19H28N4O2/c1-23(2)12-19(25)22-15-5-3-14(4-6-15)21-18(24)11-13-9-16-7-8-17(10-13)20-16/h3-6,13,16-17,20H,7-12H2,1-2H3,(H,21,24)(H,22,25). The molecule has 2 unspecified atom stereocenters. The third-order valence-corrected chi connectivity index (χ3v) is 4.96. The molecule has 0 radical (unpaired) electrons. The zero-order chi connectivity index (χ0) is 17.8. The quantitative estimate of drug-likeness (QED) is 0.738. The molecule has 3 rings (SSSR count). The molecule has 1 aromatic rings. The van der Waals surface area contributed by atoms with Crippen LogP contribution in [0.4, 0.5) is 11.4 Å². The van der Waals surface area contributed by atoms with Crippen LogP contribution in [0.15, 0.2) is 24.3 Å². The van der Waals surface area contributed by atoms with E-state index in [0.29, 0.717) is 31.0 Å². The number of nitrogens with one attached hydrogen (secondary N) is 3. The van der Waals surface area contributed by atoms with Gasteiger partial charge in [-0.25, -0.2) is 0 Å². The highest BCUT2D eigenvalue weighted by atomic mass is 16.2. The van der Waals surface area contributed by atoms with Crippen molar-refractivity contribution in [3.05, 3.63) is 24.3 Å². The normalized spacial score (nSPS) is 25.0. The summed E-state index contributed by atoms with van der Waals surface area (Å²) in [6, 6.07) is 8.51. The summed E-state index contributed by atoms with van der Waals surface area (Å²) in [5.74, 6) is 0.515. The van der Waals surface area contributed by atoms with Gasteiger partial charge in [0.25, 0.3) is 0 Å². The highest BCUT2D eigenvalue weighted by Gasteiger charge is 2.34. The summed E-state index contributed by atoms with van der Waals surface area (Å²) in [6.45, 7) is 0.344. The minimum Gasteiger partial charge on any atom is -0.326 e.